The fourth-order valence-corrected chi connectivity index (χ4v) is 3.70. The van der Waals surface area contributed by atoms with Gasteiger partial charge in [-0.3, -0.25) is 4.79 Å². The van der Waals surface area contributed by atoms with E-state index in [9.17, 15) is 9.90 Å². The van der Waals surface area contributed by atoms with E-state index in [-0.39, 0.29) is 11.5 Å². The third-order valence-electron chi connectivity index (χ3n) is 4.36. The second kappa shape index (κ2) is 6.39. The van der Waals surface area contributed by atoms with Crippen molar-refractivity contribution in [3.8, 4) is 11.5 Å². The maximum Gasteiger partial charge on any atom is 0.232 e. The lowest BCUT2D eigenvalue weighted by Crippen LogP contribution is -3.12. The number of rotatable bonds is 3. The first-order chi connectivity index (χ1) is 11.7. The smallest absolute Gasteiger partial charge is 0.232 e. The molecule has 124 valence electrons. The average Bonchev–Trinajstić information content (AvgIpc) is 3.21. The summed E-state index contributed by atoms with van der Waals surface area (Å²) in [6.45, 7) is 3.82. The van der Waals surface area contributed by atoms with E-state index in [4.69, 9.17) is 9.47 Å². The maximum absolute atomic E-state index is 12.6. The van der Waals surface area contributed by atoms with E-state index in [0.29, 0.717) is 42.4 Å². The number of thiophene rings is 1. The average molecular weight is 344 g/mol. The van der Waals surface area contributed by atoms with Gasteiger partial charge >= 0.3 is 0 Å². The van der Waals surface area contributed by atoms with Crippen molar-refractivity contribution in [2.24, 2.45) is 0 Å². The Labute approximate surface area is 143 Å². The number of fused-ring (bicyclic) bond motifs is 1. The fourth-order valence-electron chi connectivity index (χ4n) is 3.06. The molecule has 1 fully saturated rings. The minimum atomic E-state index is -0.128. The van der Waals surface area contributed by atoms with Crippen LogP contribution in [-0.2, 0) is 11.3 Å². The molecule has 0 aliphatic carbocycles. The van der Waals surface area contributed by atoms with Crippen LogP contribution < -0.4 is 9.64 Å². The summed E-state index contributed by atoms with van der Waals surface area (Å²) < 4.78 is 11.2. The molecule has 0 unspecified atom stereocenters. The molecule has 1 aromatic carbocycles. The van der Waals surface area contributed by atoms with Crippen LogP contribution in [0.3, 0.4) is 0 Å². The largest absolute Gasteiger partial charge is 0.507 e. The lowest BCUT2D eigenvalue weighted by Gasteiger charge is -2.24. The fraction of sp³-hybridized carbons (Fsp3) is 0.278. The molecule has 2 aliphatic heterocycles. The van der Waals surface area contributed by atoms with E-state index >= 15 is 0 Å². The van der Waals surface area contributed by atoms with E-state index < -0.39 is 0 Å². The van der Waals surface area contributed by atoms with Crippen molar-refractivity contribution in [3.63, 3.8) is 0 Å². The molecule has 0 spiro atoms. The lowest BCUT2D eigenvalue weighted by atomic mass is 10.0. The standard InChI is InChI=1S/C18H17NO4S/c20-15-4-3-13-17(21)16(10-12-2-1-9-24-12)23-18(13)14(15)11-19-5-7-22-8-6-19/h1-4,9-10,20H,5-8,11H2/p+1/b16-10-. The number of Topliss-reactive ketones (excluding diaryl/α,β-unsaturated/α-hetero) is 1. The zero-order valence-electron chi connectivity index (χ0n) is 13.1. The summed E-state index contributed by atoms with van der Waals surface area (Å²) in [6, 6.07) is 7.10. The van der Waals surface area contributed by atoms with Crippen LogP contribution in [0.1, 0.15) is 20.8 Å². The molecule has 0 bridgehead atoms. The number of nitrogens with one attached hydrogen (secondary N) is 1. The van der Waals surface area contributed by atoms with Crippen LogP contribution in [0.15, 0.2) is 35.4 Å². The van der Waals surface area contributed by atoms with E-state index in [1.807, 2.05) is 17.5 Å². The van der Waals surface area contributed by atoms with Gasteiger partial charge in [0.25, 0.3) is 0 Å². The number of allylic oxidation sites excluding steroid dienone is 1. The van der Waals surface area contributed by atoms with Gasteiger partial charge in [0.15, 0.2) is 11.5 Å². The van der Waals surface area contributed by atoms with E-state index in [0.717, 1.165) is 18.0 Å². The summed E-state index contributed by atoms with van der Waals surface area (Å²) in [7, 11) is 0. The van der Waals surface area contributed by atoms with E-state index in [1.54, 1.807) is 29.5 Å². The number of ketones is 1. The Bertz CT molecular complexity index is 792. The van der Waals surface area contributed by atoms with E-state index in [1.165, 1.54) is 4.90 Å². The summed E-state index contributed by atoms with van der Waals surface area (Å²) >= 11 is 1.55. The Hall–Kier alpha value is -2.15. The molecule has 0 radical (unpaired) electrons. The van der Waals surface area contributed by atoms with Crippen LogP contribution in [0.2, 0.25) is 0 Å². The highest BCUT2D eigenvalue weighted by atomic mass is 32.1. The van der Waals surface area contributed by atoms with Crippen LogP contribution in [0, 0.1) is 0 Å². The summed E-state index contributed by atoms with van der Waals surface area (Å²) in [5.41, 5.74) is 1.23. The third-order valence-corrected chi connectivity index (χ3v) is 5.18. The Balaban J connectivity index is 1.66. The SMILES string of the molecule is O=C1/C(=C/c2cccs2)Oc2c1ccc(O)c2C[NH+]1CCOCC1. The molecule has 2 aromatic rings. The summed E-state index contributed by atoms with van der Waals surface area (Å²) in [5.74, 6) is 0.868. The van der Waals surface area contributed by atoms with Crippen LogP contribution in [0.25, 0.3) is 6.08 Å². The van der Waals surface area contributed by atoms with Crippen LogP contribution in [0.5, 0.6) is 11.5 Å². The zero-order valence-corrected chi connectivity index (χ0v) is 13.9. The summed E-state index contributed by atoms with van der Waals surface area (Å²) in [5, 5.41) is 12.2. The number of aromatic hydroxyl groups is 1. The molecule has 3 heterocycles. The van der Waals surface area contributed by atoms with Gasteiger partial charge in [0.05, 0.1) is 24.3 Å². The predicted molar refractivity (Wildman–Crippen MR) is 90.6 cm³/mol. The number of carbonyl (C=O) groups excluding carboxylic acids is 1. The van der Waals surface area contributed by atoms with Gasteiger partial charge in [0.1, 0.15) is 25.4 Å². The van der Waals surface area contributed by atoms with Crippen LogP contribution in [-0.4, -0.2) is 37.2 Å². The number of morpholine rings is 1. The number of hydrogen-bond acceptors (Lipinski definition) is 5. The highest BCUT2D eigenvalue weighted by Crippen LogP contribution is 2.39. The first kappa shape index (κ1) is 15.4. The molecule has 24 heavy (non-hydrogen) atoms. The number of phenolic OH excluding ortho intramolecular Hbond substituents is 1. The first-order valence-electron chi connectivity index (χ1n) is 7.96. The Morgan fingerprint density at radius 2 is 2.08 bits per heavy atom. The van der Waals surface area contributed by atoms with Crippen molar-refractivity contribution < 1.29 is 24.3 Å². The molecule has 0 atom stereocenters. The number of quaternary nitrogens is 1. The van der Waals surface area contributed by atoms with Crippen molar-refractivity contribution in [1.29, 1.82) is 0 Å². The second-order valence-corrected chi connectivity index (χ2v) is 6.91. The highest BCUT2D eigenvalue weighted by molar-refractivity contribution is 7.10. The number of phenols is 1. The van der Waals surface area contributed by atoms with Crippen molar-refractivity contribution in [2.45, 2.75) is 6.54 Å². The molecule has 1 saturated heterocycles. The third kappa shape index (κ3) is 2.84. The van der Waals surface area contributed by atoms with Gasteiger partial charge < -0.3 is 19.5 Å². The molecule has 0 amide bonds. The number of ether oxygens (including phenoxy) is 2. The molecule has 6 heteroatoms. The molecule has 2 aliphatic rings. The van der Waals surface area contributed by atoms with Crippen molar-refractivity contribution in [2.75, 3.05) is 26.3 Å². The molecule has 1 aromatic heterocycles. The Morgan fingerprint density at radius 3 is 2.83 bits per heavy atom. The van der Waals surface area contributed by atoms with Gasteiger partial charge in [-0.1, -0.05) is 6.07 Å². The van der Waals surface area contributed by atoms with Gasteiger partial charge in [-0.15, -0.1) is 11.3 Å². The number of hydrogen-bond donors (Lipinski definition) is 2. The minimum absolute atomic E-state index is 0.128. The molecule has 2 N–H and O–H groups in total. The Kier molecular flexibility index (Phi) is 4.10. The quantitative estimate of drug-likeness (QED) is 0.828. The molecule has 4 rings (SSSR count). The van der Waals surface area contributed by atoms with Gasteiger partial charge in [-0.2, -0.15) is 0 Å². The van der Waals surface area contributed by atoms with Gasteiger partial charge in [0, 0.05) is 11.0 Å². The molecule has 5 nitrogen and oxygen atoms in total. The zero-order chi connectivity index (χ0) is 16.5. The summed E-state index contributed by atoms with van der Waals surface area (Å²) in [6.07, 6.45) is 1.76. The summed E-state index contributed by atoms with van der Waals surface area (Å²) in [4.78, 5) is 14.9. The van der Waals surface area contributed by atoms with E-state index in [2.05, 4.69) is 0 Å². The molecule has 0 saturated carbocycles. The van der Waals surface area contributed by atoms with Crippen molar-refractivity contribution in [3.05, 3.63) is 51.4 Å². The normalized spacial score (nSPS) is 19.5. The molecular weight excluding hydrogens is 326 g/mol. The second-order valence-electron chi connectivity index (χ2n) is 5.93. The van der Waals surface area contributed by atoms with Crippen LogP contribution >= 0.6 is 11.3 Å². The van der Waals surface area contributed by atoms with Gasteiger partial charge in [-0.05, 0) is 23.6 Å². The predicted octanol–water partition coefficient (Wildman–Crippen LogP) is 1.49. The molecular formula is C18H18NO4S+. The van der Waals surface area contributed by atoms with Crippen molar-refractivity contribution in [1.82, 2.24) is 0 Å². The van der Waals surface area contributed by atoms with Crippen LogP contribution in [0.4, 0.5) is 0 Å². The van der Waals surface area contributed by atoms with Gasteiger partial charge in [0.2, 0.25) is 5.78 Å². The number of benzene rings is 1. The topological polar surface area (TPSA) is 60.2 Å². The first-order valence-corrected chi connectivity index (χ1v) is 8.84. The van der Waals surface area contributed by atoms with Crippen molar-refractivity contribution >= 4 is 23.2 Å². The lowest BCUT2D eigenvalue weighted by molar-refractivity contribution is -0.921. The minimum Gasteiger partial charge on any atom is -0.507 e. The highest BCUT2D eigenvalue weighted by Gasteiger charge is 2.32. The maximum atomic E-state index is 12.6. The monoisotopic (exact) mass is 344 g/mol. The van der Waals surface area contributed by atoms with Gasteiger partial charge in [-0.25, -0.2) is 0 Å². The number of carbonyl (C=O) groups is 1. The Morgan fingerprint density at radius 1 is 1.25 bits per heavy atom.